The number of ether oxygens (including phenoxy) is 1. The van der Waals surface area contributed by atoms with Gasteiger partial charge < -0.3 is 15.4 Å². The molecule has 8 nitrogen and oxygen atoms in total. The lowest BCUT2D eigenvalue weighted by Crippen LogP contribution is -2.32. The van der Waals surface area contributed by atoms with Crippen LogP contribution in [0.1, 0.15) is 11.1 Å². The Hall–Kier alpha value is -4.17. The summed E-state index contributed by atoms with van der Waals surface area (Å²) in [6.07, 6.45) is 1.35. The lowest BCUT2D eigenvalue weighted by molar-refractivity contribution is -0.136. The van der Waals surface area contributed by atoms with Crippen molar-refractivity contribution in [1.82, 2.24) is 5.43 Å². The van der Waals surface area contributed by atoms with Crippen LogP contribution < -0.4 is 20.8 Å². The third-order valence-electron chi connectivity index (χ3n) is 4.24. The van der Waals surface area contributed by atoms with Crippen LogP contribution >= 0.6 is 11.6 Å². The van der Waals surface area contributed by atoms with E-state index >= 15 is 0 Å². The first-order valence-electron chi connectivity index (χ1n) is 9.89. The highest BCUT2D eigenvalue weighted by molar-refractivity contribution is 6.41. The summed E-state index contributed by atoms with van der Waals surface area (Å²) in [5.74, 6) is -1.71. The van der Waals surface area contributed by atoms with Gasteiger partial charge in [-0.15, -0.1) is 0 Å². The highest BCUT2D eigenvalue weighted by Gasteiger charge is 2.14. The molecule has 0 aliphatic rings. The number of rotatable bonds is 7. The molecule has 0 aliphatic heterocycles. The number of nitrogens with zero attached hydrogens (tertiary/aromatic N) is 1. The minimum absolute atomic E-state index is 0.173. The number of anilines is 2. The van der Waals surface area contributed by atoms with E-state index in [-0.39, 0.29) is 12.5 Å². The van der Waals surface area contributed by atoms with E-state index < -0.39 is 11.8 Å². The van der Waals surface area contributed by atoms with Gasteiger partial charge in [0.05, 0.1) is 16.9 Å². The molecule has 0 saturated heterocycles. The minimum Gasteiger partial charge on any atom is -0.484 e. The topological polar surface area (TPSA) is 109 Å². The van der Waals surface area contributed by atoms with E-state index in [4.69, 9.17) is 16.3 Å². The van der Waals surface area contributed by atoms with Gasteiger partial charge in [-0.1, -0.05) is 48.0 Å². The molecule has 3 rings (SSSR count). The van der Waals surface area contributed by atoms with Gasteiger partial charge in [0.15, 0.2) is 6.61 Å². The van der Waals surface area contributed by atoms with Crippen LogP contribution in [0.5, 0.6) is 5.75 Å². The summed E-state index contributed by atoms with van der Waals surface area (Å²) in [6, 6.07) is 20.8. The second-order valence-electron chi connectivity index (χ2n) is 6.91. The Kier molecular flexibility index (Phi) is 8.15. The molecule has 9 heteroatoms. The highest BCUT2D eigenvalue weighted by atomic mass is 35.5. The predicted molar refractivity (Wildman–Crippen MR) is 128 cm³/mol. The second kappa shape index (κ2) is 11.4. The SMILES string of the molecule is Cc1cccc(NC(=O)COc2cccc(/C=N\NC(=O)C(=O)Nc3ccccc3Cl)c2)c1. The third kappa shape index (κ3) is 7.48. The van der Waals surface area contributed by atoms with Gasteiger partial charge in [-0.25, -0.2) is 5.43 Å². The van der Waals surface area contributed by atoms with E-state index in [1.54, 1.807) is 54.6 Å². The van der Waals surface area contributed by atoms with E-state index in [2.05, 4.69) is 21.2 Å². The lowest BCUT2D eigenvalue weighted by Gasteiger charge is -2.08. The van der Waals surface area contributed by atoms with Gasteiger partial charge in [-0.05, 0) is 54.4 Å². The van der Waals surface area contributed by atoms with Crippen LogP contribution in [0.15, 0.2) is 77.9 Å². The summed E-state index contributed by atoms with van der Waals surface area (Å²) in [4.78, 5) is 36.0. The van der Waals surface area contributed by atoms with Crippen LogP contribution in [0.4, 0.5) is 11.4 Å². The molecule has 33 heavy (non-hydrogen) atoms. The normalized spacial score (nSPS) is 10.5. The largest absolute Gasteiger partial charge is 0.484 e. The van der Waals surface area contributed by atoms with Gasteiger partial charge in [0.2, 0.25) is 0 Å². The van der Waals surface area contributed by atoms with Crippen LogP contribution in [0.2, 0.25) is 5.02 Å². The molecule has 0 spiro atoms. The number of carbonyl (C=O) groups is 3. The number of hydrogen-bond donors (Lipinski definition) is 3. The van der Waals surface area contributed by atoms with E-state index in [1.165, 1.54) is 6.21 Å². The number of aryl methyl sites for hydroxylation is 1. The fraction of sp³-hybridized carbons (Fsp3) is 0.0833. The quantitative estimate of drug-likeness (QED) is 0.281. The molecule has 0 radical (unpaired) electrons. The van der Waals surface area contributed by atoms with Crippen molar-refractivity contribution >= 4 is 46.9 Å². The molecule has 0 fully saturated rings. The predicted octanol–water partition coefficient (Wildman–Crippen LogP) is 3.75. The lowest BCUT2D eigenvalue weighted by atomic mass is 10.2. The molecule has 0 saturated carbocycles. The van der Waals surface area contributed by atoms with Gasteiger partial charge in [0.25, 0.3) is 5.91 Å². The van der Waals surface area contributed by atoms with E-state index in [0.717, 1.165) is 5.56 Å². The van der Waals surface area contributed by atoms with Gasteiger partial charge in [-0.2, -0.15) is 5.10 Å². The summed E-state index contributed by atoms with van der Waals surface area (Å²) < 4.78 is 5.52. The van der Waals surface area contributed by atoms with Crippen molar-refractivity contribution in [2.75, 3.05) is 17.2 Å². The summed E-state index contributed by atoms with van der Waals surface area (Å²) in [5.41, 5.74) is 4.79. The maximum atomic E-state index is 12.1. The van der Waals surface area contributed by atoms with E-state index in [9.17, 15) is 14.4 Å². The summed E-state index contributed by atoms with van der Waals surface area (Å²) in [6.45, 7) is 1.76. The molecule has 3 N–H and O–H groups in total. The summed E-state index contributed by atoms with van der Waals surface area (Å²) in [7, 11) is 0. The Morgan fingerprint density at radius 2 is 1.73 bits per heavy atom. The number of carbonyl (C=O) groups excluding carboxylic acids is 3. The van der Waals surface area contributed by atoms with Crippen molar-refractivity contribution < 1.29 is 19.1 Å². The molecule has 0 heterocycles. The first-order valence-corrected chi connectivity index (χ1v) is 10.3. The monoisotopic (exact) mass is 464 g/mol. The maximum absolute atomic E-state index is 12.1. The first kappa shape index (κ1) is 23.5. The zero-order valence-electron chi connectivity index (χ0n) is 17.7. The standard InChI is InChI=1S/C24H21ClN4O4/c1-16-6-4-8-18(12-16)27-22(30)15-33-19-9-5-7-17(13-19)14-26-29-24(32)23(31)28-21-11-3-2-10-20(21)25/h2-14H,15H2,1H3,(H,27,30)(H,28,31)(H,29,32)/b26-14-. The molecule has 0 unspecified atom stereocenters. The number of benzene rings is 3. The fourth-order valence-electron chi connectivity index (χ4n) is 2.71. The molecule has 0 atom stereocenters. The first-order chi connectivity index (χ1) is 15.9. The van der Waals surface area contributed by atoms with Crippen LogP contribution in [0.3, 0.4) is 0 Å². The highest BCUT2D eigenvalue weighted by Crippen LogP contribution is 2.20. The molecular weight excluding hydrogens is 444 g/mol. The molecule has 0 bridgehead atoms. The second-order valence-corrected chi connectivity index (χ2v) is 7.32. The Morgan fingerprint density at radius 1 is 0.939 bits per heavy atom. The molecule has 3 amide bonds. The average molecular weight is 465 g/mol. The molecular formula is C24H21ClN4O4. The fourth-order valence-corrected chi connectivity index (χ4v) is 2.89. The van der Waals surface area contributed by atoms with Crippen molar-refractivity contribution in [3.8, 4) is 5.75 Å². The van der Waals surface area contributed by atoms with Crippen molar-refractivity contribution in [3.63, 3.8) is 0 Å². The van der Waals surface area contributed by atoms with E-state index in [1.807, 2.05) is 25.1 Å². The molecule has 0 aliphatic carbocycles. The van der Waals surface area contributed by atoms with Gasteiger partial charge in [-0.3, -0.25) is 14.4 Å². The van der Waals surface area contributed by atoms with Crippen molar-refractivity contribution in [2.24, 2.45) is 5.10 Å². The Balaban J connectivity index is 1.48. The van der Waals surface area contributed by atoms with Crippen LogP contribution in [0.25, 0.3) is 0 Å². The van der Waals surface area contributed by atoms with Crippen LogP contribution in [0, 0.1) is 6.92 Å². The average Bonchev–Trinajstić information content (AvgIpc) is 2.79. The zero-order chi connectivity index (χ0) is 23.6. The summed E-state index contributed by atoms with van der Waals surface area (Å²) >= 11 is 5.95. The number of para-hydroxylation sites is 1. The number of hydrogen-bond acceptors (Lipinski definition) is 5. The molecule has 0 aromatic heterocycles. The Morgan fingerprint density at radius 3 is 2.52 bits per heavy atom. The number of nitrogens with one attached hydrogen (secondary N) is 3. The van der Waals surface area contributed by atoms with Gasteiger partial charge >= 0.3 is 11.8 Å². The molecule has 168 valence electrons. The van der Waals surface area contributed by atoms with Gasteiger partial charge in [0, 0.05) is 5.69 Å². The number of halogens is 1. The van der Waals surface area contributed by atoms with Crippen molar-refractivity contribution in [2.45, 2.75) is 6.92 Å². The van der Waals surface area contributed by atoms with Crippen LogP contribution in [-0.4, -0.2) is 30.5 Å². The Labute approximate surface area is 195 Å². The van der Waals surface area contributed by atoms with Crippen LogP contribution in [-0.2, 0) is 14.4 Å². The van der Waals surface area contributed by atoms with E-state index in [0.29, 0.717) is 27.7 Å². The molecule has 3 aromatic rings. The summed E-state index contributed by atoms with van der Waals surface area (Å²) in [5, 5.41) is 9.25. The smallest absolute Gasteiger partial charge is 0.329 e. The number of hydrazone groups is 1. The number of amides is 3. The van der Waals surface area contributed by atoms with Crippen molar-refractivity contribution in [1.29, 1.82) is 0 Å². The zero-order valence-corrected chi connectivity index (χ0v) is 18.4. The van der Waals surface area contributed by atoms with Gasteiger partial charge in [0.1, 0.15) is 5.75 Å². The molecule has 3 aromatic carbocycles. The minimum atomic E-state index is -0.952. The maximum Gasteiger partial charge on any atom is 0.329 e. The Bertz CT molecular complexity index is 1200. The van der Waals surface area contributed by atoms with Crippen molar-refractivity contribution in [3.05, 3.63) is 88.9 Å². The third-order valence-corrected chi connectivity index (χ3v) is 4.57.